The van der Waals surface area contributed by atoms with Crippen LogP contribution in [-0.2, 0) is 4.79 Å². The number of nitrogens with zero attached hydrogens (tertiary/aromatic N) is 2. The highest BCUT2D eigenvalue weighted by Crippen LogP contribution is 2.16. The molecule has 0 aliphatic heterocycles. The molecular formula is C12H21N5O. The summed E-state index contributed by atoms with van der Waals surface area (Å²) in [5.41, 5.74) is 11.7. The van der Waals surface area contributed by atoms with E-state index in [-0.39, 0.29) is 18.3 Å². The second-order valence-electron chi connectivity index (χ2n) is 4.70. The molecule has 0 saturated heterocycles. The van der Waals surface area contributed by atoms with E-state index in [9.17, 15) is 4.79 Å². The van der Waals surface area contributed by atoms with Gasteiger partial charge >= 0.3 is 0 Å². The third-order valence-electron chi connectivity index (χ3n) is 2.42. The van der Waals surface area contributed by atoms with Gasteiger partial charge in [0.2, 0.25) is 5.91 Å². The summed E-state index contributed by atoms with van der Waals surface area (Å²) in [6.45, 7) is 5.01. The Morgan fingerprint density at radius 2 is 2.11 bits per heavy atom. The van der Waals surface area contributed by atoms with E-state index < -0.39 is 0 Å². The average molecular weight is 251 g/mol. The Kier molecular flexibility index (Phi) is 4.76. The van der Waals surface area contributed by atoms with Gasteiger partial charge in [0.15, 0.2) is 0 Å². The molecule has 5 N–H and O–H groups in total. The van der Waals surface area contributed by atoms with Crippen LogP contribution in [-0.4, -0.2) is 31.0 Å². The van der Waals surface area contributed by atoms with Crippen LogP contribution >= 0.6 is 0 Å². The second kappa shape index (κ2) is 6.09. The van der Waals surface area contributed by atoms with Crippen molar-refractivity contribution in [3.05, 3.63) is 12.1 Å². The Bertz CT molecular complexity index is 419. The summed E-state index contributed by atoms with van der Waals surface area (Å²) >= 11 is 0. The van der Waals surface area contributed by atoms with Gasteiger partial charge in [-0.2, -0.15) is 0 Å². The Morgan fingerprint density at radius 1 is 1.44 bits per heavy atom. The lowest BCUT2D eigenvalue weighted by Gasteiger charge is -2.18. The molecule has 0 aliphatic carbocycles. The number of nitrogens with two attached hydrogens (primary N) is 2. The number of carbonyl (C=O) groups is 1. The van der Waals surface area contributed by atoms with Gasteiger partial charge in [0.25, 0.3) is 0 Å². The average Bonchev–Trinajstić information content (AvgIpc) is 2.30. The number of hydrogen-bond acceptors (Lipinski definition) is 5. The first-order valence-electron chi connectivity index (χ1n) is 5.90. The summed E-state index contributed by atoms with van der Waals surface area (Å²) in [7, 11) is 1.78. The fourth-order valence-corrected chi connectivity index (χ4v) is 1.36. The van der Waals surface area contributed by atoms with Crippen molar-refractivity contribution in [2.75, 3.05) is 36.5 Å². The first kappa shape index (κ1) is 14.1. The molecular weight excluding hydrogens is 230 g/mol. The Morgan fingerprint density at radius 3 is 2.67 bits per heavy atom. The van der Waals surface area contributed by atoms with Gasteiger partial charge in [0.05, 0.1) is 12.2 Å². The van der Waals surface area contributed by atoms with Gasteiger partial charge in [-0.05, 0) is 18.1 Å². The summed E-state index contributed by atoms with van der Waals surface area (Å²) in [5.74, 6) is 1.30. The van der Waals surface area contributed by atoms with Gasteiger partial charge in [-0.1, -0.05) is 13.8 Å². The highest BCUT2D eigenvalue weighted by Gasteiger charge is 2.09. The van der Waals surface area contributed by atoms with Crippen LogP contribution in [0.1, 0.15) is 13.8 Å². The van der Waals surface area contributed by atoms with E-state index in [2.05, 4.69) is 10.3 Å². The summed E-state index contributed by atoms with van der Waals surface area (Å²) in [6.07, 6.45) is 0. The summed E-state index contributed by atoms with van der Waals surface area (Å²) in [5, 5.41) is 2.84. The quantitative estimate of drug-likeness (QED) is 0.706. The van der Waals surface area contributed by atoms with Crippen LogP contribution in [0.3, 0.4) is 0 Å². The number of hydrogen-bond donors (Lipinski definition) is 3. The second-order valence-corrected chi connectivity index (χ2v) is 4.70. The molecule has 1 heterocycles. The number of anilines is 3. The lowest BCUT2D eigenvalue weighted by Crippen LogP contribution is -2.37. The zero-order valence-electron chi connectivity index (χ0n) is 11.1. The largest absolute Gasteiger partial charge is 0.396 e. The Labute approximate surface area is 107 Å². The molecule has 0 spiro atoms. The van der Waals surface area contributed by atoms with Crippen LogP contribution in [0.15, 0.2) is 12.1 Å². The van der Waals surface area contributed by atoms with E-state index in [1.807, 2.05) is 13.8 Å². The monoisotopic (exact) mass is 251 g/mol. The number of aromatic nitrogens is 1. The zero-order valence-corrected chi connectivity index (χ0v) is 11.1. The van der Waals surface area contributed by atoms with Gasteiger partial charge < -0.3 is 21.7 Å². The van der Waals surface area contributed by atoms with E-state index in [0.717, 1.165) is 0 Å². The summed E-state index contributed by atoms with van der Waals surface area (Å²) < 4.78 is 0. The van der Waals surface area contributed by atoms with Crippen molar-refractivity contribution in [3.8, 4) is 0 Å². The number of amides is 1. The number of carbonyl (C=O) groups excluding carboxylic acids is 1. The molecule has 100 valence electrons. The van der Waals surface area contributed by atoms with E-state index in [4.69, 9.17) is 11.5 Å². The van der Waals surface area contributed by atoms with Gasteiger partial charge in [-0.15, -0.1) is 0 Å². The number of pyridine rings is 1. The van der Waals surface area contributed by atoms with Gasteiger partial charge in [-0.25, -0.2) is 4.98 Å². The van der Waals surface area contributed by atoms with Crippen LogP contribution in [0.5, 0.6) is 0 Å². The lowest BCUT2D eigenvalue weighted by atomic mass is 10.2. The van der Waals surface area contributed by atoms with Gasteiger partial charge in [-0.3, -0.25) is 4.79 Å². The minimum atomic E-state index is -0.0385. The molecule has 0 aromatic carbocycles. The van der Waals surface area contributed by atoms with Crippen LogP contribution in [0.25, 0.3) is 0 Å². The minimum absolute atomic E-state index is 0.0385. The predicted octanol–water partition coefficient (Wildman–Crippen LogP) is 0.454. The minimum Gasteiger partial charge on any atom is -0.396 e. The molecule has 1 amide bonds. The Balaban J connectivity index is 2.56. The number of rotatable bonds is 5. The number of nitrogen functional groups attached to an aromatic ring is 2. The molecule has 0 radical (unpaired) electrons. The number of nitrogens with one attached hydrogen (secondary N) is 1. The lowest BCUT2D eigenvalue weighted by molar-refractivity contribution is -0.119. The SMILES string of the molecule is CC(C)CNC(=O)CN(C)c1ccc(N)c(N)n1. The highest BCUT2D eigenvalue weighted by atomic mass is 16.2. The Hall–Kier alpha value is -1.98. The van der Waals surface area contributed by atoms with Crippen LogP contribution in [0, 0.1) is 5.92 Å². The maximum absolute atomic E-state index is 11.6. The third kappa shape index (κ3) is 4.12. The molecule has 0 saturated carbocycles. The van der Waals surface area contributed by atoms with Crippen molar-refractivity contribution in [2.45, 2.75) is 13.8 Å². The highest BCUT2D eigenvalue weighted by molar-refractivity contribution is 5.81. The molecule has 0 bridgehead atoms. The van der Waals surface area contributed by atoms with Gasteiger partial charge in [0.1, 0.15) is 11.6 Å². The molecule has 0 fully saturated rings. The first-order valence-corrected chi connectivity index (χ1v) is 5.90. The van der Waals surface area contributed by atoms with Crippen LogP contribution < -0.4 is 21.7 Å². The van der Waals surface area contributed by atoms with E-state index in [0.29, 0.717) is 24.0 Å². The predicted molar refractivity (Wildman–Crippen MR) is 74.2 cm³/mol. The summed E-state index contributed by atoms with van der Waals surface area (Å²) in [4.78, 5) is 17.5. The van der Waals surface area contributed by atoms with Crippen LogP contribution in [0.4, 0.5) is 17.3 Å². The fraction of sp³-hybridized carbons (Fsp3) is 0.500. The van der Waals surface area contributed by atoms with Gasteiger partial charge in [0, 0.05) is 13.6 Å². The molecule has 1 rings (SSSR count). The molecule has 1 aromatic rings. The first-order chi connectivity index (χ1) is 8.40. The molecule has 0 unspecified atom stereocenters. The molecule has 0 aliphatic rings. The molecule has 1 aromatic heterocycles. The van der Waals surface area contributed by atoms with Crippen molar-refractivity contribution in [2.24, 2.45) is 5.92 Å². The zero-order chi connectivity index (χ0) is 13.7. The normalized spacial score (nSPS) is 10.4. The fourth-order valence-electron chi connectivity index (χ4n) is 1.36. The standard InChI is InChI=1S/C12H21N5O/c1-8(2)6-15-11(18)7-17(3)10-5-4-9(13)12(14)16-10/h4-5,8H,6-7,13H2,1-3H3,(H2,14,16)(H,15,18). The maximum Gasteiger partial charge on any atom is 0.239 e. The van der Waals surface area contributed by atoms with Crippen molar-refractivity contribution in [1.82, 2.24) is 10.3 Å². The van der Waals surface area contributed by atoms with Crippen molar-refractivity contribution in [3.63, 3.8) is 0 Å². The van der Waals surface area contributed by atoms with Crippen molar-refractivity contribution in [1.29, 1.82) is 0 Å². The van der Waals surface area contributed by atoms with Crippen molar-refractivity contribution >= 4 is 23.2 Å². The van der Waals surface area contributed by atoms with Crippen LogP contribution in [0.2, 0.25) is 0 Å². The third-order valence-corrected chi connectivity index (χ3v) is 2.42. The van der Waals surface area contributed by atoms with Crippen molar-refractivity contribution < 1.29 is 4.79 Å². The number of likely N-dealkylation sites (N-methyl/N-ethyl adjacent to an activating group) is 1. The molecule has 6 heteroatoms. The molecule has 6 nitrogen and oxygen atoms in total. The van der Waals surface area contributed by atoms with E-state index in [1.54, 1.807) is 24.1 Å². The molecule has 0 atom stereocenters. The topological polar surface area (TPSA) is 97.3 Å². The molecule has 18 heavy (non-hydrogen) atoms. The van der Waals surface area contributed by atoms with E-state index in [1.165, 1.54) is 0 Å². The summed E-state index contributed by atoms with van der Waals surface area (Å²) in [6, 6.07) is 3.42. The van der Waals surface area contributed by atoms with E-state index >= 15 is 0 Å². The smallest absolute Gasteiger partial charge is 0.239 e. The maximum atomic E-state index is 11.6.